The van der Waals surface area contributed by atoms with Crippen molar-refractivity contribution in [2.45, 2.75) is 31.6 Å². The highest BCUT2D eigenvalue weighted by atomic mass is 32.2. The second-order valence-corrected chi connectivity index (χ2v) is 10.3. The first-order valence-corrected chi connectivity index (χ1v) is 12.5. The average molecular weight is 477 g/mol. The Morgan fingerprint density at radius 3 is 2.81 bits per heavy atom. The van der Waals surface area contributed by atoms with Gasteiger partial charge in [-0.15, -0.1) is 11.3 Å². The summed E-state index contributed by atoms with van der Waals surface area (Å²) in [6.45, 7) is 3.62. The predicted octanol–water partition coefficient (Wildman–Crippen LogP) is 3.46. The van der Waals surface area contributed by atoms with Crippen LogP contribution in [0.5, 0.6) is 5.75 Å². The lowest BCUT2D eigenvalue weighted by molar-refractivity contribution is -0.120. The minimum atomic E-state index is -3.79. The second kappa shape index (κ2) is 9.00. The molecule has 32 heavy (non-hydrogen) atoms. The number of rotatable bonds is 6. The molecule has 0 saturated carbocycles. The van der Waals surface area contributed by atoms with Crippen LogP contribution in [-0.4, -0.2) is 49.0 Å². The maximum Gasteiger partial charge on any atom is 0.248 e. The fourth-order valence-electron chi connectivity index (χ4n) is 3.87. The van der Waals surface area contributed by atoms with E-state index in [9.17, 15) is 13.2 Å². The third kappa shape index (κ3) is 4.27. The van der Waals surface area contributed by atoms with Crippen molar-refractivity contribution in [3.05, 3.63) is 41.1 Å². The van der Waals surface area contributed by atoms with E-state index < -0.39 is 15.9 Å². The van der Waals surface area contributed by atoms with Crippen molar-refractivity contribution in [3.63, 3.8) is 0 Å². The predicted molar refractivity (Wildman–Crippen MR) is 120 cm³/mol. The standard InChI is InChI=1S/C21H24N4O5S2/c1-13-19(14(2)30-24-13)32(27,28)25-10-6-7-15(11-25)20(26)23-21-22-17(12-31-21)16-8-4-5-9-18(16)29-3/h4-5,8-9,12,15H,6-7,10-11H2,1-3H3,(H,22,23,26). The molecule has 2 aromatic heterocycles. The van der Waals surface area contributed by atoms with Crippen molar-refractivity contribution in [2.24, 2.45) is 5.92 Å². The van der Waals surface area contributed by atoms with Gasteiger partial charge in [0.05, 0.1) is 18.7 Å². The SMILES string of the molecule is COc1ccccc1-c1csc(NC(=O)C2CCCN(S(=O)(=O)c3c(C)noc3C)C2)n1. The zero-order chi connectivity index (χ0) is 22.9. The summed E-state index contributed by atoms with van der Waals surface area (Å²) in [7, 11) is -2.19. The third-order valence-electron chi connectivity index (χ3n) is 5.44. The monoisotopic (exact) mass is 476 g/mol. The van der Waals surface area contributed by atoms with E-state index in [2.05, 4.69) is 15.5 Å². The first kappa shape index (κ1) is 22.4. The minimum absolute atomic E-state index is 0.0833. The van der Waals surface area contributed by atoms with Crippen molar-refractivity contribution in [1.82, 2.24) is 14.4 Å². The minimum Gasteiger partial charge on any atom is -0.496 e. The van der Waals surface area contributed by atoms with Gasteiger partial charge >= 0.3 is 0 Å². The lowest BCUT2D eigenvalue weighted by Crippen LogP contribution is -2.43. The number of hydrogen-bond donors (Lipinski definition) is 1. The first-order chi connectivity index (χ1) is 15.3. The summed E-state index contributed by atoms with van der Waals surface area (Å²) >= 11 is 1.31. The molecule has 1 aromatic carbocycles. The topological polar surface area (TPSA) is 115 Å². The van der Waals surface area contributed by atoms with Gasteiger partial charge in [0, 0.05) is 24.0 Å². The quantitative estimate of drug-likeness (QED) is 0.579. The number of benzene rings is 1. The molecule has 4 rings (SSSR count). The first-order valence-electron chi connectivity index (χ1n) is 10.1. The van der Waals surface area contributed by atoms with Crippen LogP contribution in [-0.2, 0) is 14.8 Å². The van der Waals surface area contributed by atoms with Crippen LogP contribution in [0.1, 0.15) is 24.3 Å². The fourth-order valence-corrected chi connectivity index (χ4v) is 6.39. The highest BCUT2D eigenvalue weighted by Gasteiger charge is 2.36. The number of nitrogens with zero attached hydrogens (tertiary/aromatic N) is 3. The van der Waals surface area contributed by atoms with Gasteiger partial charge in [-0.1, -0.05) is 17.3 Å². The summed E-state index contributed by atoms with van der Waals surface area (Å²) in [6, 6.07) is 7.52. The Labute approximate surface area is 190 Å². The van der Waals surface area contributed by atoms with Crippen LogP contribution in [0.15, 0.2) is 39.1 Å². The van der Waals surface area contributed by atoms with Crippen molar-refractivity contribution in [3.8, 4) is 17.0 Å². The van der Waals surface area contributed by atoms with Crippen LogP contribution >= 0.6 is 11.3 Å². The third-order valence-corrected chi connectivity index (χ3v) is 8.31. The number of ether oxygens (including phenoxy) is 1. The van der Waals surface area contributed by atoms with E-state index in [4.69, 9.17) is 9.26 Å². The van der Waals surface area contributed by atoms with E-state index in [1.807, 2.05) is 29.6 Å². The molecule has 170 valence electrons. The van der Waals surface area contributed by atoms with Gasteiger partial charge in [-0.25, -0.2) is 13.4 Å². The van der Waals surface area contributed by atoms with Crippen molar-refractivity contribution in [1.29, 1.82) is 0 Å². The summed E-state index contributed by atoms with van der Waals surface area (Å²) in [6.07, 6.45) is 1.19. The maximum atomic E-state index is 13.1. The molecule has 1 fully saturated rings. The maximum absolute atomic E-state index is 13.1. The number of nitrogens with one attached hydrogen (secondary N) is 1. The van der Waals surface area contributed by atoms with Gasteiger partial charge in [0.1, 0.15) is 16.3 Å². The molecule has 1 aliphatic rings. The van der Waals surface area contributed by atoms with Gasteiger partial charge < -0.3 is 14.6 Å². The number of anilines is 1. The number of carbonyl (C=O) groups excluding carboxylic acids is 1. The van der Waals surface area contributed by atoms with Crippen LogP contribution in [0.2, 0.25) is 0 Å². The smallest absolute Gasteiger partial charge is 0.248 e. The Morgan fingerprint density at radius 2 is 2.09 bits per heavy atom. The lowest BCUT2D eigenvalue weighted by atomic mass is 9.99. The molecule has 0 spiro atoms. The van der Waals surface area contributed by atoms with Crippen molar-refractivity contribution in [2.75, 3.05) is 25.5 Å². The van der Waals surface area contributed by atoms with E-state index in [1.165, 1.54) is 15.6 Å². The second-order valence-electron chi connectivity index (χ2n) is 7.58. The number of sulfonamides is 1. The largest absolute Gasteiger partial charge is 0.496 e. The molecule has 0 radical (unpaired) electrons. The van der Waals surface area contributed by atoms with Crippen LogP contribution in [0.25, 0.3) is 11.3 Å². The van der Waals surface area contributed by atoms with Gasteiger partial charge in [0.25, 0.3) is 0 Å². The summed E-state index contributed by atoms with van der Waals surface area (Å²) in [4.78, 5) is 17.5. The lowest BCUT2D eigenvalue weighted by Gasteiger charge is -2.30. The van der Waals surface area contributed by atoms with Crippen LogP contribution in [0.3, 0.4) is 0 Å². The van der Waals surface area contributed by atoms with E-state index in [1.54, 1.807) is 21.0 Å². The van der Waals surface area contributed by atoms with E-state index in [0.29, 0.717) is 41.7 Å². The summed E-state index contributed by atoms with van der Waals surface area (Å²) in [5.41, 5.74) is 1.86. The number of thiazole rings is 1. The van der Waals surface area contributed by atoms with E-state index in [-0.39, 0.29) is 23.1 Å². The number of para-hydroxylation sites is 1. The van der Waals surface area contributed by atoms with Gasteiger partial charge in [-0.2, -0.15) is 4.31 Å². The molecule has 1 N–H and O–H groups in total. The van der Waals surface area contributed by atoms with Crippen LogP contribution in [0, 0.1) is 19.8 Å². The van der Waals surface area contributed by atoms with Gasteiger partial charge in [-0.05, 0) is 38.8 Å². The Kier molecular flexibility index (Phi) is 6.31. The van der Waals surface area contributed by atoms with Crippen LogP contribution in [0.4, 0.5) is 5.13 Å². The molecule has 1 aliphatic heterocycles. The molecule has 11 heteroatoms. The van der Waals surface area contributed by atoms with Crippen molar-refractivity contribution < 1.29 is 22.5 Å². The molecule has 1 unspecified atom stereocenters. The molecule has 1 atom stereocenters. The van der Waals surface area contributed by atoms with E-state index in [0.717, 1.165) is 5.56 Å². The highest BCUT2D eigenvalue weighted by Crippen LogP contribution is 2.33. The number of piperidine rings is 1. The van der Waals surface area contributed by atoms with E-state index >= 15 is 0 Å². The zero-order valence-corrected chi connectivity index (χ0v) is 19.6. The van der Waals surface area contributed by atoms with Gasteiger partial charge in [0.2, 0.25) is 15.9 Å². The molecule has 3 aromatic rings. The van der Waals surface area contributed by atoms with Crippen LogP contribution < -0.4 is 10.1 Å². The van der Waals surface area contributed by atoms with Crippen molar-refractivity contribution >= 4 is 32.4 Å². The fraction of sp³-hybridized carbons (Fsp3) is 0.381. The molecule has 0 aliphatic carbocycles. The Balaban J connectivity index is 1.47. The Hall–Kier alpha value is -2.76. The number of hydrogen-bond acceptors (Lipinski definition) is 8. The number of aromatic nitrogens is 2. The molecule has 0 bridgehead atoms. The Morgan fingerprint density at radius 1 is 1.31 bits per heavy atom. The van der Waals surface area contributed by atoms with Gasteiger partial charge in [0.15, 0.2) is 10.9 Å². The number of carbonyl (C=O) groups is 1. The molecular formula is C21H24N4O5S2. The zero-order valence-electron chi connectivity index (χ0n) is 18.0. The van der Waals surface area contributed by atoms with Gasteiger partial charge in [-0.3, -0.25) is 4.79 Å². The Bertz CT molecular complexity index is 1220. The molecular weight excluding hydrogens is 452 g/mol. The summed E-state index contributed by atoms with van der Waals surface area (Å²) in [5.74, 6) is 0.228. The number of aryl methyl sites for hydroxylation is 2. The molecule has 9 nitrogen and oxygen atoms in total. The molecule has 1 saturated heterocycles. The highest BCUT2D eigenvalue weighted by molar-refractivity contribution is 7.89. The molecule has 1 amide bonds. The molecule has 3 heterocycles. The summed E-state index contributed by atoms with van der Waals surface area (Å²) < 4.78 is 38.0. The number of amides is 1. The average Bonchev–Trinajstić information content (AvgIpc) is 3.39. The summed E-state index contributed by atoms with van der Waals surface area (Å²) in [5, 5.41) is 8.90. The normalized spacial score (nSPS) is 17.3. The number of methoxy groups -OCH3 is 1.